The Labute approximate surface area is 187 Å². The second-order valence-electron chi connectivity index (χ2n) is 7.92. The van der Waals surface area contributed by atoms with Crippen LogP contribution in [0.2, 0.25) is 0 Å². The van der Waals surface area contributed by atoms with Crippen molar-refractivity contribution in [2.45, 2.75) is 30.7 Å². The molecule has 1 aliphatic heterocycles. The fourth-order valence-electron chi connectivity index (χ4n) is 3.77. The molecule has 3 heterocycles. The third-order valence-corrected chi connectivity index (χ3v) is 7.40. The quantitative estimate of drug-likeness (QED) is 0.572. The van der Waals surface area contributed by atoms with Crippen LogP contribution in [0.4, 0.5) is 5.82 Å². The molecule has 0 radical (unpaired) electrons. The minimum absolute atomic E-state index is 0.145. The molecule has 0 saturated carbocycles. The molecule has 2 aromatic heterocycles. The zero-order valence-electron chi connectivity index (χ0n) is 18.2. The summed E-state index contributed by atoms with van der Waals surface area (Å²) in [6.07, 6.45) is 6.91. The van der Waals surface area contributed by atoms with Gasteiger partial charge < -0.3 is 10.2 Å². The number of sulfonamides is 1. The van der Waals surface area contributed by atoms with E-state index in [1.807, 2.05) is 0 Å². The molecule has 11 heteroatoms. The number of nitrogens with zero attached hydrogens (tertiary/aromatic N) is 6. The Morgan fingerprint density at radius 3 is 2.50 bits per heavy atom. The SMILES string of the molecule is CN(C)S(=O)(=O)c1ccc(C(=O)NCCn2ncc3c(N4CCCCC4)ncnc32)cc1. The van der Waals surface area contributed by atoms with Gasteiger partial charge in [-0.3, -0.25) is 4.79 Å². The van der Waals surface area contributed by atoms with E-state index in [1.54, 1.807) is 17.2 Å². The summed E-state index contributed by atoms with van der Waals surface area (Å²) >= 11 is 0. The molecule has 1 amide bonds. The van der Waals surface area contributed by atoms with Crippen LogP contribution in [0.15, 0.2) is 41.7 Å². The first-order chi connectivity index (χ1) is 15.4. The number of fused-ring (bicyclic) bond motifs is 1. The van der Waals surface area contributed by atoms with Gasteiger partial charge >= 0.3 is 0 Å². The molecule has 1 fully saturated rings. The first-order valence-electron chi connectivity index (χ1n) is 10.6. The van der Waals surface area contributed by atoms with E-state index < -0.39 is 10.0 Å². The average molecular weight is 458 g/mol. The van der Waals surface area contributed by atoms with E-state index in [2.05, 4.69) is 25.3 Å². The highest BCUT2D eigenvalue weighted by molar-refractivity contribution is 7.89. The fraction of sp³-hybridized carbons (Fsp3) is 0.429. The Morgan fingerprint density at radius 1 is 1.09 bits per heavy atom. The zero-order valence-corrected chi connectivity index (χ0v) is 19.0. The van der Waals surface area contributed by atoms with Gasteiger partial charge in [-0.05, 0) is 43.5 Å². The number of amides is 1. The highest BCUT2D eigenvalue weighted by atomic mass is 32.2. The van der Waals surface area contributed by atoms with Crippen LogP contribution in [-0.2, 0) is 16.6 Å². The van der Waals surface area contributed by atoms with Gasteiger partial charge in [0.1, 0.15) is 12.1 Å². The average Bonchev–Trinajstić information content (AvgIpc) is 3.22. The van der Waals surface area contributed by atoms with Crippen molar-refractivity contribution in [2.75, 3.05) is 38.6 Å². The van der Waals surface area contributed by atoms with Crippen molar-refractivity contribution in [2.24, 2.45) is 0 Å². The molecule has 0 bridgehead atoms. The molecule has 0 aliphatic carbocycles. The predicted molar refractivity (Wildman–Crippen MR) is 121 cm³/mol. The van der Waals surface area contributed by atoms with Gasteiger partial charge in [0.05, 0.1) is 23.0 Å². The first-order valence-corrected chi connectivity index (χ1v) is 12.0. The first kappa shape index (κ1) is 22.2. The minimum atomic E-state index is -3.52. The summed E-state index contributed by atoms with van der Waals surface area (Å²) in [6, 6.07) is 5.88. The van der Waals surface area contributed by atoms with E-state index in [1.165, 1.54) is 44.8 Å². The molecule has 1 N–H and O–H groups in total. The number of carbonyl (C=O) groups is 1. The number of nitrogens with one attached hydrogen (secondary N) is 1. The van der Waals surface area contributed by atoms with E-state index in [-0.39, 0.29) is 10.8 Å². The summed E-state index contributed by atoms with van der Waals surface area (Å²) in [5.41, 5.74) is 1.14. The maximum Gasteiger partial charge on any atom is 0.251 e. The minimum Gasteiger partial charge on any atom is -0.356 e. The molecule has 1 aliphatic rings. The molecule has 0 unspecified atom stereocenters. The number of rotatable bonds is 7. The molecule has 0 spiro atoms. The lowest BCUT2D eigenvalue weighted by Crippen LogP contribution is -2.30. The van der Waals surface area contributed by atoms with Crippen molar-refractivity contribution in [3.63, 3.8) is 0 Å². The summed E-state index contributed by atoms with van der Waals surface area (Å²) in [6.45, 7) is 2.79. The maximum atomic E-state index is 12.5. The van der Waals surface area contributed by atoms with Gasteiger partial charge in [0.15, 0.2) is 5.65 Å². The van der Waals surface area contributed by atoms with Gasteiger partial charge in [-0.15, -0.1) is 0 Å². The van der Waals surface area contributed by atoms with E-state index >= 15 is 0 Å². The van der Waals surface area contributed by atoms with Crippen molar-refractivity contribution in [1.82, 2.24) is 29.4 Å². The van der Waals surface area contributed by atoms with Crippen molar-refractivity contribution >= 4 is 32.8 Å². The Balaban J connectivity index is 1.40. The van der Waals surface area contributed by atoms with Crippen LogP contribution in [0.5, 0.6) is 0 Å². The van der Waals surface area contributed by atoms with Gasteiger partial charge in [-0.25, -0.2) is 27.4 Å². The number of hydrogen-bond acceptors (Lipinski definition) is 7. The van der Waals surface area contributed by atoms with E-state index in [0.717, 1.165) is 47.1 Å². The summed E-state index contributed by atoms with van der Waals surface area (Å²) in [5, 5.41) is 8.20. The highest BCUT2D eigenvalue weighted by Gasteiger charge is 2.19. The number of benzene rings is 1. The van der Waals surface area contributed by atoms with E-state index in [4.69, 9.17) is 0 Å². The van der Waals surface area contributed by atoms with Crippen LogP contribution in [0, 0.1) is 0 Å². The number of aromatic nitrogens is 4. The number of anilines is 1. The van der Waals surface area contributed by atoms with E-state index in [0.29, 0.717) is 18.7 Å². The summed E-state index contributed by atoms with van der Waals surface area (Å²) in [5.74, 6) is 0.636. The van der Waals surface area contributed by atoms with Crippen molar-refractivity contribution < 1.29 is 13.2 Å². The van der Waals surface area contributed by atoms with Crippen molar-refractivity contribution in [3.05, 3.63) is 42.4 Å². The molecule has 1 saturated heterocycles. The number of carbonyl (C=O) groups excluding carboxylic acids is 1. The van der Waals surface area contributed by atoms with Gasteiger partial charge in [0.2, 0.25) is 10.0 Å². The predicted octanol–water partition coefficient (Wildman–Crippen LogP) is 1.50. The standard InChI is InChI=1S/C21H27N7O3S/c1-26(2)32(30,31)17-8-6-16(7-9-17)21(29)22-10-13-28-20-18(14-25-28)19(23-15-24-20)27-11-4-3-5-12-27/h6-9,14-15H,3-5,10-13H2,1-2H3,(H,22,29). The Bertz CT molecular complexity index is 1200. The molecular weight excluding hydrogens is 430 g/mol. The molecule has 3 aromatic rings. The Kier molecular flexibility index (Phi) is 6.38. The Morgan fingerprint density at radius 2 is 1.81 bits per heavy atom. The van der Waals surface area contributed by atoms with Gasteiger partial charge in [0, 0.05) is 39.3 Å². The largest absolute Gasteiger partial charge is 0.356 e. The highest BCUT2D eigenvalue weighted by Crippen LogP contribution is 2.25. The van der Waals surface area contributed by atoms with Crippen molar-refractivity contribution in [3.8, 4) is 0 Å². The molecular formula is C21H27N7O3S. The molecule has 170 valence electrons. The molecule has 32 heavy (non-hydrogen) atoms. The zero-order chi connectivity index (χ0) is 22.7. The van der Waals surface area contributed by atoms with Gasteiger partial charge in [0.25, 0.3) is 5.91 Å². The van der Waals surface area contributed by atoms with Gasteiger partial charge in [-0.2, -0.15) is 5.10 Å². The van der Waals surface area contributed by atoms with Crippen LogP contribution in [0.3, 0.4) is 0 Å². The summed E-state index contributed by atoms with van der Waals surface area (Å²) in [4.78, 5) is 23.7. The van der Waals surface area contributed by atoms with Crippen LogP contribution >= 0.6 is 0 Å². The Hall–Kier alpha value is -3.05. The lowest BCUT2D eigenvalue weighted by Gasteiger charge is -2.27. The molecule has 4 rings (SSSR count). The smallest absolute Gasteiger partial charge is 0.251 e. The third kappa shape index (κ3) is 4.44. The second kappa shape index (κ2) is 9.21. The van der Waals surface area contributed by atoms with Crippen LogP contribution in [-0.4, -0.2) is 72.1 Å². The van der Waals surface area contributed by atoms with E-state index in [9.17, 15) is 13.2 Å². The lowest BCUT2D eigenvalue weighted by molar-refractivity contribution is 0.0952. The fourth-order valence-corrected chi connectivity index (χ4v) is 4.67. The molecule has 10 nitrogen and oxygen atoms in total. The molecule has 1 aromatic carbocycles. The molecule has 0 atom stereocenters. The monoisotopic (exact) mass is 457 g/mol. The van der Waals surface area contributed by atoms with Crippen LogP contribution < -0.4 is 10.2 Å². The van der Waals surface area contributed by atoms with Crippen LogP contribution in [0.25, 0.3) is 11.0 Å². The third-order valence-electron chi connectivity index (χ3n) is 5.57. The normalized spacial score (nSPS) is 14.8. The second-order valence-corrected chi connectivity index (χ2v) is 10.1. The van der Waals surface area contributed by atoms with Crippen molar-refractivity contribution in [1.29, 1.82) is 0 Å². The number of piperidine rings is 1. The summed E-state index contributed by atoms with van der Waals surface area (Å²) < 4.78 is 27.2. The lowest BCUT2D eigenvalue weighted by atomic mass is 10.1. The topological polar surface area (TPSA) is 113 Å². The van der Waals surface area contributed by atoms with Crippen LogP contribution in [0.1, 0.15) is 29.6 Å². The number of hydrogen-bond donors (Lipinski definition) is 1. The van der Waals surface area contributed by atoms with Gasteiger partial charge in [-0.1, -0.05) is 0 Å². The maximum absolute atomic E-state index is 12.5. The summed E-state index contributed by atoms with van der Waals surface area (Å²) in [7, 11) is -0.589.